The molecule has 0 unspecified atom stereocenters. The maximum atomic E-state index is 10.8. The summed E-state index contributed by atoms with van der Waals surface area (Å²) in [6.07, 6.45) is 3.27. The summed E-state index contributed by atoms with van der Waals surface area (Å²) in [6, 6.07) is 15.8. The van der Waals surface area contributed by atoms with Crippen LogP contribution in [-0.2, 0) is 13.1 Å². The standard InChI is InChI=1S/C23H30N4O2/c1-29-19-11-9-18(10-12-19)22(28)17-27-21-8-4-3-7-20(21)26(23(27)24)16-15-25-13-5-2-6-14-25/h3-4,7-12,22,24,28H,2,5-6,13-17H2,1H3/p+1/t22-/m0/s1. The molecule has 0 bridgehead atoms. The molecule has 1 aliphatic rings. The number of anilines is 1. The number of fused-ring (bicyclic) bond motifs is 1. The second kappa shape index (κ2) is 8.84. The lowest BCUT2D eigenvalue weighted by Crippen LogP contribution is -2.40. The largest absolute Gasteiger partial charge is 0.497 e. The second-order valence-electron chi connectivity index (χ2n) is 7.80. The Labute approximate surface area is 172 Å². The van der Waals surface area contributed by atoms with Gasteiger partial charge in [-0.2, -0.15) is 0 Å². The quantitative estimate of drug-likeness (QED) is 0.604. The van der Waals surface area contributed by atoms with E-state index in [9.17, 15) is 5.11 Å². The van der Waals surface area contributed by atoms with Gasteiger partial charge in [0.25, 0.3) is 0 Å². The lowest BCUT2D eigenvalue weighted by Gasteiger charge is -2.25. The SMILES string of the molecule is COc1ccc([C@@H](O)C[n+]2c(N)n(CCN3CCCCC3)c3ccccc32)cc1. The first-order chi connectivity index (χ1) is 14.2. The van der Waals surface area contributed by atoms with E-state index in [-0.39, 0.29) is 0 Å². The Hall–Kier alpha value is -2.57. The summed E-state index contributed by atoms with van der Waals surface area (Å²) in [5.41, 5.74) is 9.60. The van der Waals surface area contributed by atoms with Crippen molar-refractivity contribution < 1.29 is 14.4 Å². The number of para-hydroxylation sites is 2. The molecule has 0 spiro atoms. The van der Waals surface area contributed by atoms with Crippen molar-refractivity contribution >= 4 is 17.0 Å². The average Bonchev–Trinajstić information content (AvgIpc) is 3.04. The van der Waals surface area contributed by atoms with E-state index in [1.165, 1.54) is 32.4 Å². The van der Waals surface area contributed by atoms with Crippen molar-refractivity contribution in [2.45, 2.75) is 38.5 Å². The molecule has 6 nitrogen and oxygen atoms in total. The molecule has 1 saturated heterocycles. The van der Waals surface area contributed by atoms with Gasteiger partial charge in [-0.1, -0.05) is 30.7 Å². The van der Waals surface area contributed by atoms with Crippen LogP contribution < -0.4 is 15.0 Å². The van der Waals surface area contributed by atoms with E-state index in [4.69, 9.17) is 10.5 Å². The Balaban J connectivity index is 1.57. The van der Waals surface area contributed by atoms with Crippen LogP contribution in [0.3, 0.4) is 0 Å². The van der Waals surface area contributed by atoms with Crippen LogP contribution in [0.5, 0.6) is 5.75 Å². The van der Waals surface area contributed by atoms with E-state index >= 15 is 0 Å². The Morgan fingerprint density at radius 3 is 2.48 bits per heavy atom. The zero-order chi connectivity index (χ0) is 20.2. The number of hydrogen-bond donors (Lipinski definition) is 2. The van der Waals surface area contributed by atoms with Crippen molar-refractivity contribution in [2.75, 3.05) is 32.5 Å². The molecule has 0 amide bonds. The molecule has 29 heavy (non-hydrogen) atoms. The molecule has 1 aliphatic heterocycles. The smallest absolute Gasteiger partial charge is 0.356 e. The number of benzene rings is 2. The first-order valence-corrected chi connectivity index (χ1v) is 10.5. The van der Waals surface area contributed by atoms with Crippen LogP contribution in [-0.4, -0.2) is 41.3 Å². The Kier molecular flexibility index (Phi) is 6.02. The highest BCUT2D eigenvalue weighted by molar-refractivity contribution is 5.73. The number of ether oxygens (including phenoxy) is 1. The fourth-order valence-electron chi connectivity index (χ4n) is 4.27. The predicted octanol–water partition coefficient (Wildman–Crippen LogP) is 2.74. The number of rotatable bonds is 7. The number of piperidine rings is 1. The summed E-state index contributed by atoms with van der Waals surface area (Å²) in [5.74, 6) is 1.47. The number of hydrogen-bond acceptors (Lipinski definition) is 4. The van der Waals surface area contributed by atoms with Gasteiger partial charge in [0.1, 0.15) is 29.4 Å². The maximum Gasteiger partial charge on any atom is 0.356 e. The third-order valence-electron chi connectivity index (χ3n) is 5.96. The summed E-state index contributed by atoms with van der Waals surface area (Å²) in [4.78, 5) is 2.52. The lowest BCUT2D eigenvalue weighted by atomic mass is 10.1. The van der Waals surface area contributed by atoms with Gasteiger partial charge in [-0.05, 0) is 55.8 Å². The summed E-state index contributed by atoms with van der Waals surface area (Å²) in [7, 11) is 1.64. The predicted molar refractivity (Wildman–Crippen MR) is 115 cm³/mol. The summed E-state index contributed by atoms with van der Waals surface area (Å²) in [6.45, 7) is 4.63. The molecule has 2 heterocycles. The zero-order valence-corrected chi connectivity index (χ0v) is 17.1. The number of nitrogens with zero attached hydrogens (tertiary/aromatic N) is 3. The normalized spacial score (nSPS) is 16.2. The van der Waals surface area contributed by atoms with E-state index in [1.807, 2.05) is 41.0 Å². The van der Waals surface area contributed by atoms with Crippen molar-refractivity contribution in [3.63, 3.8) is 0 Å². The number of aliphatic hydroxyl groups is 1. The minimum Gasteiger partial charge on any atom is -0.497 e. The van der Waals surface area contributed by atoms with Crippen LogP contribution in [0.1, 0.15) is 30.9 Å². The van der Waals surface area contributed by atoms with E-state index in [0.717, 1.165) is 35.4 Å². The monoisotopic (exact) mass is 395 g/mol. The number of imidazole rings is 1. The molecular weight excluding hydrogens is 364 g/mol. The fourth-order valence-corrected chi connectivity index (χ4v) is 4.27. The number of aromatic nitrogens is 2. The molecule has 6 heteroatoms. The molecule has 4 rings (SSSR count). The van der Waals surface area contributed by atoms with Crippen LogP contribution >= 0.6 is 0 Å². The number of likely N-dealkylation sites (tertiary alicyclic amines) is 1. The average molecular weight is 396 g/mol. The zero-order valence-electron chi connectivity index (χ0n) is 17.1. The molecule has 0 aliphatic carbocycles. The van der Waals surface area contributed by atoms with Gasteiger partial charge in [0.2, 0.25) is 0 Å². The third kappa shape index (κ3) is 4.23. The van der Waals surface area contributed by atoms with Gasteiger partial charge in [-0.3, -0.25) is 5.73 Å². The van der Waals surface area contributed by atoms with E-state index < -0.39 is 6.10 Å². The molecule has 3 aromatic rings. The molecule has 1 fully saturated rings. The van der Waals surface area contributed by atoms with Gasteiger partial charge in [-0.15, -0.1) is 0 Å². The minimum atomic E-state index is -0.644. The van der Waals surface area contributed by atoms with Gasteiger partial charge in [0.05, 0.1) is 13.7 Å². The highest BCUT2D eigenvalue weighted by Gasteiger charge is 2.24. The first-order valence-electron chi connectivity index (χ1n) is 10.5. The summed E-state index contributed by atoms with van der Waals surface area (Å²) in [5, 5.41) is 10.8. The summed E-state index contributed by atoms with van der Waals surface area (Å²) < 4.78 is 9.42. The molecule has 3 N–H and O–H groups in total. The third-order valence-corrected chi connectivity index (χ3v) is 5.96. The van der Waals surface area contributed by atoms with Gasteiger partial charge >= 0.3 is 5.95 Å². The minimum absolute atomic E-state index is 0.412. The van der Waals surface area contributed by atoms with Crippen molar-refractivity contribution in [2.24, 2.45) is 0 Å². The van der Waals surface area contributed by atoms with Gasteiger partial charge in [-0.25, -0.2) is 9.13 Å². The number of nitrogens with two attached hydrogens (primary N) is 1. The van der Waals surface area contributed by atoms with Gasteiger partial charge in [0, 0.05) is 6.54 Å². The molecule has 0 radical (unpaired) electrons. The molecule has 154 valence electrons. The Bertz CT molecular complexity index is 945. The summed E-state index contributed by atoms with van der Waals surface area (Å²) >= 11 is 0. The van der Waals surface area contributed by atoms with Crippen LogP contribution in [0.2, 0.25) is 0 Å². The molecule has 1 atom stereocenters. The molecule has 0 saturated carbocycles. The van der Waals surface area contributed by atoms with Crippen molar-refractivity contribution in [3.05, 3.63) is 54.1 Å². The highest BCUT2D eigenvalue weighted by Crippen LogP contribution is 2.21. The Morgan fingerprint density at radius 1 is 1.03 bits per heavy atom. The number of aliphatic hydroxyl groups excluding tert-OH is 1. The number of methoxy groups -OCH3 is 1. The maximum absolute atomic E-state index is 10.8. The van der Waals surface area contributed by atoms with Crippen LogP contribution in [0, 0.1) is 0 Å². The van der Waals surface area contributed by atoms with Crippen LogP contribution in [0.25, 0.3) is 11.0 Å². The number of nitrogen functional groups attached to an aromatic ring is 1. The molecule has 2 aromatic carbocycles. The lowest BCUT2D eigenvalue weighted by molar-refractivity contribution is -0.666. The highest BCUT2D eigenvalue weighted by atomic mass is 16.5. The van der Waals surface area contributed by atoms with Crippen molar-refractivity contribution in [1.82, 2.24) is 9.47 Å². The first kappa shape index (κ1) is 19.7. The van der Waals surface area contributed by atoms with Crippen molar-refractivity contribution in [3.8, 4) is 5.75 Å². The van der Waals surface area contributed by atoms with E-state index in [0.29, 0.717) is 12.5 Å². The topological polar surface area (TPSA) is 67.5 Å². The molecule has 1 aromatic heterocycles. The molecular formula is C23H31N4O2+. The fraction of sp³-hybridized carbons (Fsp3) is 0.435. The van der Waals surface area contributed by atoms with E-state index in [1.54, 1.807) is 7.11 Å². The second-order valence-corrected chi connectivity index (χ2v) is 7.80. The van der Waals surface area contributed by atoms with Crippen LogP contribution in [0.15, 0.2) is 48.5 Å². The van der Waals surface area contributed by atoms with Gasteiger partial charge in [0.15, 0.2) is 0 Å². The van der Waals surface area contributed by atoms with Crippen molar-refractivity contribution in [1.29, 1.82) is 0 Å². The van der Waals surface area contributed by atoms with E-state index in [2.05, 4.69) is 21.6 Å². The van der Waals surface area contributed by atoms with Gasteiger partial charge < -0.3 is 14.7 Å². The Morgan fingerprint density at radius 2 is 1.76 bits per heavy atom. The van der Waals surface area contributed by atoms with Crippen LogP contribution in [0.4, 0.5) is 5.95 Å².